The summed E-state index contributed by atoms with van der Waals surface area (Å²) in [6.07, 6.45) is 4.32. The predicted octanol–water partition coefficient (Wildman–Crippen LogP) is 2.82. The molecule has 0 aliphatic carbocycles. The summed E-state index contributed by atoms with van der Waals surface area (Å²) >= 11 is 0. The van der Waals surface area contributed by atoms with Crippen molar-refractivity contribution in [2.24, 2.45) is 0 Å². The summed E-state index contributed by atoms with van der Waals surface area (Å²) in [5.41, 5.74) is 0.135. The minimum Gasteiger partial charge on any atom is -0.320 e. The third kappa shape index (κ3) is 2.62. The van der Waals surface area contributed by atoms with Crippen LogP contribution in [-0.2, 0) is 0 Å². The highest BCUT2D eigenvalue weighted by Gasteiger charge is 2.21. The summed E-state index contributed by atoms with van der Waals surface area (Å²) < 4.78 is 28.1. The number of nitrogens with zero attached hydrogens (tertiary/aromatic N) is 3. The van der Waals surface area contributed by atoms with Crippen molar-refractivity contribution in [2.45, 2.75) is 13.0 Å². The zero-order valence-corrected chi connectivity index (χ0v) is 10.5. The number of halogens is 2. The SMILES string of the molecule is CC(c1cc(F)ccc1F)N(C)C(=O)n1ccnc1. The maximum Gasteiger partial charge on any atom is 0.329 e. The van der Waals surface area contributed by atoms with Crippen molar-refractivity contribution in [3.8, 4) is 0 Å². The lowest BCUT2D eigenvalue weighted by atomic mass is 10.1. The second kappa shape index (κ2) is 5.17. The van der Waals surface area contributed by atoms with Gasteiger partial charge in [-0.25, -0.2) is 18.6 Å². The molecule has 1 heterocycles. The molecule has 1 amide bonds. The Morgan fingerprint density at radius 1 is 1.42 bits per heavy atom. The smallest absolute Gasteiger partial charge is 0.320 e. The van der Waals surface area contributed by atoms with Crippen LogP contribution >= 0.6 is 0 Å². The van der Waals surface area contributed by atoms with Crippen molar-refractivity contribution in [3.63, 3.8) is 0 Å². The molecule has 2 rings (SSSR count). The molecule has 1 atom stereocenters. The van der Waals surface area contributed by atoms with Crippen LogP contribution in [0.3, 0.4) is 0 Å². The van der Waals surface area contributed by atoms with Crippen LogP contribution in [0.25, 0.3) is 0 Å². The normalized spacial score (nSPS) is 12.2. The summed E-state index contributed by atoms with van der Waals surface area (Å²) in [5, 5.41) is 0. The first kappa shape index (κ1) is 13.2. The maximum atomic E-state index is 13.7. The van der Waals surface area contributed by atoms with E-state index in [0.717, 1.165) is 18.2 Å². The van der Waals surface area contributed by atoms with Crippen molar-refractivity contribution in [1.82, 2.24) is 14.5 Å². The Morgan fingerprint density at radius 2 is 2.16 bits per heavy atom. The molecule has 4 nitrogen and oxygen atoms in total. The van der Waals surface area contributed by atoms with Crippen LogP contribution in [0.15, 0.2) is 36.9 Å². The Morgan fingerprint density at radius 3 is 2.79 bits per heavy atom. The number of benzene rings is 1. The Hall–Kier alpha value is -2.24. The second-order valence-electron chi connectivity index (χ2n) is 4.21. The molecule has 0 N–H and O–H groups in total. The Bertz CT molecular complexity index is 584. The molecule has 0 saturated carbocycles. The summed E-state index contributed by atoms with van der Waals surface area (Å²) in [4.78, 5) is 17.1. The van der Waals surface area contributed by atoms with Gasteiger partial charge in [0.2, 0.25) is 0 Å². The summed E-state index contributed by atoms with van der Waals surface area (Å²) in [5.74, 6) is -1.08. The number of aromatic nitrogens is 2. The summed E-state index contributed by atoms with van der Waals surface area (Å²) in [7, 11) is 1.53. The van der Waals surface area contributed by atoms with Crippen LogP contribution in [0.4, 0.5) is 13.6 Å². The fourth-order valence-corrected chi connectivity index (χ4v) is 1.76. The second-order valence-corrected chi connectivity index (χ2v) is 4.21. The van der Waals surface area contributed by atoms with E-state index in [1.807, 2.05) is 0 Å². The van der Waals surface area contributed by atoms with E-state index in [0.29, 0.717) is 0 Å². The number of hydrogen-bond donors (Lipinski definition) is 0. The van der Waals surface area contributed by atoms with Gasteiger partial charge in [-0.2, -0.15) is 0 Å². The molecule has 0 bridgehead atoms. The minimum atomic E-state index is -0.592. The Kier molecular flexibility index (Phi) is 3.59. The molecule has 19 heavy (non-hydrogen) atoms. The number of hydrogen-bond acceptors (Lipinski definition) is 2. The first-order valence-electron chi connectivity index (χ1n) is 5.70. The third-order valence-electron chi connectivity index (χ3n) is 3.02. The molecular weight excluding hydrogens is 252 g/mol. The van der Waals surface area contributed by atoms with Gasteiger partial charge >= 0.3 is 6.03 Å². The maximum absolute atomic E-state index is 13.7. The molecule has 1 aromatic heterocycles. The van der Waals surface area contributed by atoms with Gasteiger partial charge in [-0.15, -0.1) is 0 Å². The molecule has 100 valence electrons. The van der Waals surface area contributed by atoms with Gasteiger partial charge < -0.3 is 4.90 Å². The fourth-order valence-electron chi connectivity index (χ4n) is 1.76. The van der Waals surface area contributed by atoms with Crippen molar-refractivity contribution >= 4 is 6.03 Å². The number of amides is 1. The first-order valence-corrected chi connectivity index (χ1v) is 5.70. The molecule has 0 aliphatic heterocycles. The molecule has 0 spiro atoms. The topological polar surface area (TPSA) is 38.1 Å². The monoisotopic (exact) mass is 265 g/mol. The van der Waals surface area contributed by atoms with Gasteiger partial charge in [0.05, 0.1) is 6.04 Å². The van der Waals surface area contributed by atoms with Gasteiger partial charge in [0, 0.05) is 25.0 Å². The third-order valence-corrected chi connectivity index (χ3v) is 3.02. The average molecular weight is 265 g/mol. The van der Waals surface area contributed by atoms with E-state index in [4.69, 9.17) is 0 Å². The molecule has 1 aromatic carbocycles. The lowest BCUT2D eigenvalue weighted by Gasteiger charge is -2.25. The van der Waals surface area contributed by atoms with Crippen molar-refractivity contribution in [1.29, 1.82) is 0 Å². The number of carbonyl (C=O) groups is 1. The molecule has 0 saturated heterocycles. The Balaban J connectivity index is 2.26. The van der Waals surface area contributed by atoms with Crippen LogP contribution in [0.2, 0.25) is 0 Å². The minimum absolute atomic E-state index is 0.135. The van der Waals surface area contributed by atoms with Gasteiger partial charge in [-0.1, -0.05) is 0 Å². The van der Waals surface area contributed by atoms with E-state index < -0.39 is 17.7 Å². The lowest BCUT2D eigenvalue weighted by molar-refractivity contribution is 0.195. The van der Waals surface area contributed by atoms with E-state index in [1.165, 1.54) is 35.2 Å². The highest BCUT2D eigenvalue weighted by molar-refractivity contribution is 5.76. The van der Waals surface area contributed by atoms with E-state index in [-0.39, 0.29) is 11.6 Å². The summed E-state index contributed by atoms with van der Waals surface area (Å²) in [6, 6.07) is 2.23. The standard InChI is InChI=1S/C13H13F2N3O/c1-9(11-7-10(14)3-4-12(11)15)17(2)13(19)18-6-5-16-8-18/h3-9H,1-2H3. The molecule has 0 fully saturated rings. The Labute approximate surface area is 109 Å². The van der Waals surface area contributed by atoms with E-state index in [1.54, 1.807) is 6.92 Å². The van der Waals surface area contributed by atoms with Crippen molar-refractivity contribution in [2.75, 3.05) is 7.05 Å². The van der Waals surface area contributed by atoms with Gasteiger partial charge in [0.15, 0.2) is 0 Å². The number of imidazole rings is 1. The van der Waals surface area contributed by atoms with Crippen LogP contribution in [0.1, 0.15) is 18.5 Å². The highest BCUT2D eigenvalue weighted by atomic mass is 19.1. The van der Waals surface area contributed by atoms with Crippen LogP contribution in [0, 0.1) is 11.6 Å². The zero-order valence-electron chi connectivity index (χ0n) is 10.5. The highest BCUT2D eigenvalue weighted by Crippen LogP contribution is 2.23. The van der Waals surface area contributed by atoms with Gasteiger partial charge in [-0.05, 0) is 25.1 Å². The van der Waals surface area contributed by atoms with E-state index >= 15 is 0 Å². The number of rotatable bonds is 2. The quantitative estimate of drug-likeness (QED) is 0.837. The molecule has 0 radical (unpaired) electrons. The van der Waals surface area contributed by atoms with Crippen LogP contribution < -0.4 is 0 Å². The van der Waals surface area contributed by atoms with Gasteiger partial charge in [0.1, 0.15) is 18.0 Å². The fraction of sp³-hybridized carbons (Fsp3) is 0.231. The van der Waals surface area contributed by atoms with Crippen molar-refractivity contribution < 1.29 is 13.6 Å². The van der Waals surface area contributed by atoms with Crippen LogP contribution in [-0.4, -0.2) is 27.5 Å². The van der Waals surface area contributed by atoms with Gasteiger partial charge in [0.25, 0.3) is 0 Å². The molecule has 0 aliphatic rings. The van der Waals surface area contributed by atoms with E-state index in [9.17, 15) is 13.6 Å². The average Bonchev–Trinajstić information content (AvgIpc) is 2.93. The predicted molar refractivity (Wildman–Crippen MR) is 65.6 cm³/mol. The number of carbonyl (C=O) groups excluding carboxylic acids is 1. The van der Waals surface area contributed by atoms with Crippen molar-refractivity contribution in [3.05, 3.63) is 54.1 Å². The van der Waals surface area contributed by atoms with E-state index in [2.05, 4.69) is 4.98 Å². The largest absolute Gasteiger partial charge is 0.329 e. The zero-order chi connectivity index (χ0) is 14.0. The van der Waals surface area contributed by atoms with Crippen LogP contribution in [0.5, 0.6) is 0 Å². The molecule has 1 unspecified atom stereocenters. The van der Waals surface area contributed by atoms with Gasteiger partial charge in [-0.3, -0.25) is 4.57 Å². The lowest BCUT2D eigenvalue weighted by Crippen LogP contribution is -2.33. The first-order chi connectivity index (χ1) is 9.00. The summed E-state index contributed by atoms with van der Waals surface area (Å²) in [6.45, 7) is 1.63. The molecule has 6 heteroatoms. The molecule has 2 aromatic rings. The molecular formula is C13H13F2N3O.